The van der Waals surface area contributed by atoms with Crippen LogP contribution >= 0.6 is 0 Å². The maximum absolute atomic E-state index is 10.9. The van der Waals surface area contributed by atoms with Crippen molar-refractivity contribution in [1.29, 1.82) is 0 Å². The highest BCUT2D eigenvalue weighted by molar-refractivity contribution is 5.69. The molecule has 18 heavy (non-hydrogen) atoms. The van der Waals surface area contributed by atoms with E-state index in [0.717, 1.165) is 12.3 Å². The van der Waals surface area contributed by atoms with Crippen LogP contribution in [0.2, 0.25) is 0 Å². The Bertz CT molecular complexity index is 410. The van der Waals surface area contributed by atoms with Gasteiger partial charge in [-0.3, -0.25) is 4.79 Å². The number of benzene rings is 1. The van der Waals surface area contributed by atoms with E-state index in [9.17, 15) is 4.79 Å². The molecule has 0 heterocycles. The predicted molar refractivity (Wildman–Crippen MR) is 75.0 cm³/mol. The zero-order valence-electron chi connectivity index (χ0n) is 12.1. The van der Waals surface area contributed by atoms with Crippen LogP contribution in [-0.4, -0.2) is 5.97 Å². The van der Waals surface area contributed by atoms with Crippen molar-refractivity contribution in [3.63, 3.8) is 0 Å². The van der Waals surface area contributed by atoms with Gasteiger partial charge in [0.15, 0.2) is 0 Å². The van der Waals surface area contributed by atoms with E-state index in [2.05, 4.69) is 19.9 Å². The second kappa shape index (κ2) is 6.58. The molecule has 1 aromatic carbocycles. The topological polar surface area (TPSA) is 26.3 Å². The molecule has 2 heteroatoms. The molecular weight excluding hydrogens is 224 g/mol. The summed E-state index contributed by atoms with van der Waals surface area (Å²) < 4.78 is 5.12. The molecule has 0 spiro atoms. The van der Waals surface area contributed by atoms with Gasteiger partial charge in [-0.25, -0.2) is 0 Å². The van der Waals surface area contributed by atoms with Crippen molar-refractivity contribution < 1.29 is 9.53 Å². The van der Waals surface area contributed by atoms with Crippen LogP contribution in [0.3, 0.4) is 0 Å². The van der Waals surface area contributed by atoms with Gasteiger partial charge in [0.2, 0.25) is 0 Å². The number of carbonyl (C=O) groups is 1. The Kier molecular flexibility index (Phi) is 5.39. The smallest absolute Gasteiger partial charge is 0.308 e. The molecule has 100 valence electrons. The number of carbonyl (C=O) groups excluding carboxylic acids is 1. The minimum Gasteiger partial charge on any atom is -0.427 e. The van der Waals surface area contributed by atoms with E-state index in [1.54, 1.807) is 0 Å². The van der Waals surface area contributed by atoms with E-state index in [1.165, 1.54) is 24.5 Å². The maximum Gasteiger partial charge on any atom is 0.308 e. The second-order valence-corrected chi connectivity index (χ2v) is 4.62. The summed E-state index contributed by atoms with van der Waals surface area (Å²) in [6, 6.07) is 6.02. The molecular formula is C16H24O2. The summed E-state index contributed by atoms with van der Waals surface area (Å²) in [5, 5.41) is 0. The Morgan fingerprint density at radius 3 is 2.61 bits per heavy atom. The van der Waals surface area contributed by atoms with Crippen LogP contribution in [0, 0.1) is 5.92 Å². The van der Waals surface area contributed by atoms with Crippen molar-refractivity contribution in [2.75, 3.05) is 0 Å². The standard InChI is InChI=1S/C14H18O2.C2H6/c1-4-11-7-12-5-6-13(16-10(3)15)8-14(12)9(11)2;1-2/h5-6,8-9,11H,4,7H2,1-3H3;1-2H3. The molecule has 2 unspecified atom stereocenters. The Morgan fingerprint density at radius 2 is 2.06 bits per heavy atom. The normalized spacial score (nSPS) is 20.7. The molecule has 0 aromatic heterocycles. The first kappa shape index (κ1) is 14.7. The van der Waals surface area contributed by atoms with E-state index in [1.807, 2.05) is 26.0 Å². The van der Waals surface area contributed by atoms with Gasteiger partial charge in [0.25, 0.3) is 0 Å². The minimum absolute atomic E-state index is 0.252. The van der Waals surface area contributed by atoms with E-state index in [-0.39, 0.29) is 5.97 Å². The first-order valence-electron chi connectivity index (χ1n) is 6.93. The fraction of sp³-hybridized carbons (Fsp3) is 0.562. The van der Waals surface area contributed by atoms with Gasteiger partial charge >= 0.3 is 5.97 Å². The molecule has 0 saturated carbocycles. The summed E-state index contributed by atoms with van der Waals surface area (Å²) >= 11 is 0. The first-order valence-corrected chi connectivity index (χ1v) is 6.93. The Labute approximate surface area is 110 Å². The Hall–Kier alpha value is -1.31. The molecule has 0 N–H and O–H groups in total. The molecule has 2 rings (SSSR count). The zero-order chi connectivity index (χ0) is 13.7. The SMILES string of the molecule is CC.CCC1Cc2ccc(OC(C)=O)cc2C1C. The van der Waals surface area contributed by atoms with Crippen molar-refractivity contribution in [1.82, 2.24) is 0 Å². The summed E-state index contributed by atoms with van der Waals surface area (Å²) in [7, 11) is 0. The third-order valence-electron chi connectivity index (χ3n) is 3.58. The summed E-state index contributed by atoms with van der Waals surface area (Å²) in [5.41, 5.74) is 2.76. The molecule has 2 nitrogen and oxygen atoms in total. The molecule has 1 aromatic rings. The lowest BCUT2D eigenvalue weighted by atomic mass is 9.92. The minimum atomic E-state index is -0.252. The van der Waals surface area contributed by atoms with Crippen molar-refractivity contribution in [3.05, 3.63) is 29.3 Å². The fourth-order valence-corrected chi connectivity index (χ4v) is 2.62. The molecule has 0 saturated heterocycles. The van der Waals surface area contributed by atoms with Crippen molar-refractivity contribution in [2.45, 2.75) is 53.4 Å². The number of fused-ring (bicyclic) bond motifs is 1. The molecule has 0 amide bonds. The van der Waals surface area contributed by atoms with Gasteiger partial charge in [0.05, 0.1) is 0 Å². The van der Waals surface area contributed by atoms with Crippen LogP contribution in [0.1, 0.15) is 58.1 Å². The third kappa shape index (κ3) is 3.12. The lowest BCUT2D eigenvalue weighted by Gasteiger charge is -2.13. The monoisotopic (exact) mass is 248 g/mol. The average Bonchev–Trinajstić information content (AvgIpc) is 2.68. The molecule has 0 radical (unpaired) electrons. The van der Waals surface area contributed by atoms with Crippen LogP contribution in [-0.2, 0) is 11.2 Å². The lowest BCUT2D eigenvalue weighted by molar-refractivity contribution is -0.131. The van der Waals surface area contributed by atoms with Gasteiger partial charge in [-0.2, -0.15) is 0 Å². The van der Waals surface area contributed by atoms with Crippen LogP contribution in [0.25, 0.3) is 0 Å². The largest absolute Gasteiger partial charge is 0.427 e. The number of esters is 1. The molecule has 1 aliphatic rings. The van der Waals surface area contributed by atoms with Gasteiger partial charge in [-0.05, 0) is 41.5 Å². The highest BCUT2D eigenvalue weighted by Crippen LogP contribution is 2.40. The fourth-order valence-electron chi connectivity index (χ4n) is 2.62. The van der Waals surface area contributed by atoms with Gasteiger partial charge < -0.3 is 4.74 Å². The lowest BCUT2D eigenvalue weighted by Crippen LogP contribution is -2.03. The summed E-state index contributed by atoms with van der Waals surface area (Å²) in [6.07, 6.45) is 2.37. The third-order valence-corrected chi connectivity index (χ3v) is 3.58. The number of ether oxygens (including phenoxy) is 1. The average molecular weight is 248 g/mol. The van der Waals surface area contributed by atoms with Crippen LogP contribution in [0.5, 0.6) is 5.75 Å². The highest BCUT2D eigenvalue weighted by Gasteiger charge is 2.27. The van der Waals surface area contributed by atoms with Crippen LogP contribution in [0.4, 0.5) is 0 Å². The summed E-state index contributed by atoms with van der Waals surface area (Å²) in [4.78, 5) is 10.9. The molecule has 2 atom stereocenters. The van der Waals surface area contributed by atoms with Crippen LogP contribution in [0.15, 0.2) is 18.2 Å². The first-order chi connectivity index (χ1) is 8.61. The zero-order valence-corrected chi connectivity index (χ0v) is 12.1. The van der Waals surface area contributed by atoms with Gasteiger partial charge in [-0.1, -0.05) is 40.2 Å². The number of hydrogen-bond donors (Lipinski definition) is 0. The van der Waals surface area contributed by atoms with Crippen molar-refractivity contribution in [2.24, 2.45) is 5.92 Å². The van der Waals surface area contributed by atoms with E-state index >= 15 is 0 Å². The molecule has 0 bridgehead atoms. The van der Waals surface area contributed by atoms with Crippen molar-refractivity contribution in [3.8, 4) is 5.75 Å². The van der Waals surface area contributed by atoms with Gasteiger partial charge in [0, 0.05) is 6.92 Å². The second-order valence-electron chi connectivity index (χ2n) is 4.62. The highest BCUT2D eigenvalue weighted by atomic mass is 16.5. The Balaban J connectivity index is 0.000000771. The Morgan fingerprint density at radius 1 is 1.39 bits per heavy atom. The van der Waals surface area contributed by atoms with E-state index < -0.39 is 0 Å². The van der Waals surface area contributed by atoms with E-state index in [0.29, 0.717) is 11.7 Å². The molecule has 1 aliphatic carbocycles. The quantitative estimate of drug-likeness (QED) is 0.575. The summed E-state index contributed by atoms with van der Waals surface area (Å²) in [5.74, 6) is 1.74. The molecule has 0 aliphatic heterocycles. The van der Waals surface area contributed by atoms with Gasteiger partial charge in [0.1, 0.15) is 5.75 Å². The van der Waals surface area contributed by atoms with E-state index in [4.69, 9.17) is 4.74 Å². The number of rotatable bonds is 2. The van der Waals surface area contributed by atoms with Gasteiger partial charge in [-0.15, -0.1) is 0 Å². The van der Waals surface area contributed by atoms with Crippen molar-refractivity contribution >= 4 is 5.97 Å². The van der Waals surface area contributed by atoms with Crippen LogP contribution < -0.4 is 4.74 Å². The maximum atomic E-state index is 10.9. The predicted octanol–water partition coefficient (Wildman–Crippen LogP) is 4.32. The molecule has 0 fully saturated rings. The summed E-state index contributed by atoms with van der Waals surface area (Å²) in [6.45, 7) is 9.93. The number of hydrogen-bond acceptors (Lipinski definition) is 2.